The molecule has 0 saturated carbocycles. The van der Waals surface area contributed by atoms with E-state index in [0.29, 0.717) is 13.2 Å². The highest BCUT2D eigenvalue weighted by atomic mass is 16.5. The summed E-state index contributed by atoms with van der Waals surface area (Å²) < 4.78 is 16.7. The van der Waals surface area contributed by atoms with Gasteiger partial charge in [0.2, 0.25) is 6.33 Å². The molecule has 3 rings (SSSR count). The Morgan fingerprint density at radius 1 is 0.903 bits per heavy atom. The Morgan fingerprint density at radius 2 is 1.45 bits per heavy atom. The largest absolute Gasteiger partial charge is 0.478 e. The van der Waals surface area contributed by atoms with Crippen LogP contribution in [0.3, 0.4) is 0 Å². The average molecular weight is 432 g/mol. The van der Waals surface area contributed by atoms with Crippen molar-refractivity contribution in [3.05, 3.63) is 18.7 Å². The highest BCUT2D eigenvalue weighted by molar-refractivity contribution is 6.05. The minimum atomic E-state index is -0.389. The molecular formula is C25H43N4O2+. The van der Waals surface area contributed by atoms with Crippen molar-refractivity contribution < 1.29 is 14.0 Å². The van der Waals surface area contributed by atoms with Crippen molar-refractivity contribution in [3.63, 3.8) is 0 Å². The SMILES string of the molecule is C[n+]1ccn(CCCCCC(C)(C2=N[C@@H](C(C)(C)C)CO2)C2=N[C@@H](C(C)(C)C)CO2)c1. The molecule has 0 saturated heterocycles. The number of imidazole rings is 1. The Balaban J connectivity index is 1.70. The van der Waals surface area contributed by atoms with E-state index in [0.717, 1.165) is 44.0 Å². The van der Waals surface area contributed by atoms with E-state index in [1.807, 2.05) is 0 Å². The van der Waals surface area contributed by atoms with Gasteiger partial charge in [-0.1, -0.05) is 48.0 Å². The Kier molecular flexibility index (Phi) is 6.87. The number of ether oxygens (including phenoxy) is 2. The Hall–Kier alpha value is -1.85. The fourth-order valence-corrected chi connectivity index (χ4v) is 4.13. The second kappa shape index (κ2) is 8.95. The number of hydrogen-bond acceptors (Lipinski definition) is 4. The second-order valence-corrected chi connectivity index (χ2v) is 11.7. The summed E-state index contributed by atoms with van der Waals surface area (Å²) in [5.41, 5.74) is -0.219. The van der Waals surface area contributed by atoms with Gasteiger partial charge in [-0.05, 0) is 37.0 Å². The van der Waals surface area contributed by atoms with Crippen LogP contribution >= 0.6 is 0 Å². The normalized spacial score (nSPS) is 22.2. The van der Waals surface area contributed by atoms with Crippen LogP contribution in [0.2, 0.25) is 0 Å². The third-order valence-electron chi connectivity index (χ3n) is 6.66. The predicted octanol–water partition coefficient (Wildman–Crippen LogP) is 4.57. The average Bonchev–Trinajstić information content (AvgIpc) is 3.40. The molecule has 0 fully saturated rings. The number of unbranched alkanes of at least 4 members (excludes halogenated alkanes) is 2. The Bertz CT molecular complexity index is 770. The zero-order chi connectivity index (χ0) is 22.9. The van der Waals surface area contributed by atoms with Gasteiger partial charge in [0.05, 0.1) is 25.7 Å². The third kappa shape index (κ3) is 5.69. The van der Waals surface area contributed by atoms with Crippen LogP contribution in [0.4, 0.5) is 0 Å². The maximum absolute atomic E-state index is 6.20. The highest BCUT2D eigenvalue weighted by Gasteiger charge is 2.47. The van der Waals surface area contributed by atoms with Gasteiger partial charge in [0.25, 0.3) is 0 Å². The number of aliphatic imine (C=N–C) groups is 2. The molecule has 0 spiro atoms. The highest BCUT2D eigenvalue weighted by Crippen LogP contribution is 2.39. The smallest absolute Gasteiger partial charge is 0.243 e. The molecule has 6 heteroatoms. The number of hydrogen-bond donors (Lipinski definition) is 0. The van der Waals surface area contributed by atoms with Gasteiger partial charge in [0.1, 0.15) is 31.0 Å². The first-order chi connectivity index (χ1) is 14.4. The van der Waals surface area contributed by atoms with Crippen LogP contribution in [0.15, 0.2) is 28.7 Å². The molecule has 31 heavy (non-hydrogen) atoms. The molecule has 0 bridgehead atoms. The first kappa shape index (κ1) is 23.8. The molecule has 1 aromatic rings. The topological polar surface area (TPSA) is 52.0 Å². The molecule has 2 atom stereocenters. The van der Waals surface area contributed by atoms with Gasteiger partial charge in [0.15, 0.2) is 11.8 Å². The zero-order valence-electron chi connectivity index (χ0n) is 20.9. The molecule has 0 N–H and O–H groups in total. The molecule has 2 aliphatic heterocycles. The van der Waals surface area contributed by atoms with Gasteiger partial charge in [-0.25, -0.2) is 19.1 Å². The van der Waals surface area contributed by atoms with E-state index in [9.17, 15) is 0 Å². The molecule has 0 radical (unpaired) electrons. The van der Waals surface area contributed by atoms with Crippen molar-refractivity contribution in [1.29, 1.82) is 0 Å². The molecule has 1 aromatic heterocycles. The summed E-state index contributed by atoms with van der Waals surface area (Å²) in [6.45, 7) is 17.9. The van der Waals surface area contributed by atoms with Crippen molar-refractivity contribution in [1.82, 2.24) is 4.57 Å². The number of nitrogens with zero attached hydrogens (tertiary/aromatic N) is 4. The number of aryl methyl sites for hydroxylation is 2. The molecule has 6 nitrogen and oxygen atoms in total. The van der Waals surface area contributed by atoms with E-state index in [1.54, 1.807) is 0 Å². The lowest BCUT2D eigenvalue weighted by Gasteiger charge is -2.28. The molecule has 2 aliphatic rings. The molecule has 0 aliphatic carbocycles. The van der Waals surface area contributed by atoms with Crippen LogP contribution in [0.25, 0.3) is 0 Å². The van der Waals surface area contributed by atoms with Crippen LogP contribution in [0.5, 0.6) is 0 Å². The van der Waals surface area contributed by atoms with Gasteiger partial charge in [-0.15, -0.1) is 0 Å². The number of rotatable bonds is 8. The van der Waals surface area contributed by atoms with E-state index < -0.39 is 0 Å². The predicted molar refractivity (Wildman–Crippen MR) is 125 cm³/mol. The summed E-state index contributed by atoms with van der Waals surface area (Å²) in [5, 5.41) is 0. The molecule has 3 heterocycles. The summed E-state index contributed by atoms with van der Waals surface area (Å²) in [5.74, 6) is 1.64. The van der Waals surface area contributed by atoms with Crippen LogP contribution in [-0.2, 0) is 23.1 Å². The molecule has 0 aromatic carbocycles. The Morgan fingerprint density at radius 3 is 1.87 bits per heavy atom. The van der Waals surface area contributed by atoms with E-state index in [4.69, 9.17) is 19.5 Å². The number of aromatic nitrogens is 2. The van der Waals surface area contributed by atoms with Crippen LogP contribution in [0.1, 0.15) is 74.1 Å². The first-order valence-corrected chi connectivity index (χ1v) is 11.8. The summed E-state index contributed by atoms with van der Waals surface area (Å²) in [4.78, 5) is 10.1. The monoisotopic (exact) mass is 431 g/mol. The lowest BCUT2D eigenvalue weighted by molar-refractivity contribution is -0.671. The molecule has 0 amide bonds. The first-order valence-electron chi connectivity index (χ1n) is 11.8. The van der Waals surface area contributed by atoms with E-state index in [2.05, 4.69) is 83.4 Å². The minimum Gasteiger partial charge on any atom is -0.478 e. The maximum Gasteiger partial charge on any atom is 0.243 e. The van der Waals surface area contributed by atoms with E-state index in [1.165, 1.54) is 0 Å². The van der Waals surface area contributed by atoms with Gasteiger partial charge >= 0.3 is 0 Å². The standard InChI is InChI=1S/C25H43N4O2/c1-23(2,3)19-16-30-21(26-19)25(7,22-27-20(17-31-22)24(4,5)6)12-10-9-11-13-29-15-14-28(8)18-29/h14-15,18-20H,9-13,16-17H2,1-8H3/q+1/t19-,20-/m1/s1. The Labute approximate surface area is 188 Å². The van der Waals surface area contributed by atoms with Gasteiger partial charge in [-0.2, -0.15) is 0 Å². The van der Waals surface area contributed by atoms with Crippen molar-refractivity contribution in [2.45, 2.75) is 92.8 Å². The molecular weight excluding hydrogens is 388 g/mol. The fourth-order valence-electron chi connectivity index (χ4n) is 4.13. The van der Waals surface area contributed by atoms with Crippen molar-refractivity contribution >= 4 is 11.8 Å². The van der Waals surface area contributed by atoms with Gasteiger partial charge in [0, 0.05) is 0 Å². The fraction of sp³-hybridized carbons (Fsp3) is 0.800. The van der Waals surface area contributed by atoms with Crippen LogP contribution in [0, 0.1) is 16.2 Å². The maximum atomic E-state index is 6.20. The van der Waals surface area contributed by atoms with Gasteiger partial charge < -0.3 is 9.47 Å². The lowest BCUT2D eigenvalue weighted by atomic mass is 9.83. The molecule has 0 unspecified atom stereocenters. The minimum absolute atomic E-state index is 0.0852. The van der Waals surface area contributed by atoms with E-state index >= 15 is 0 Å². The molecule has 174 valence electrons. The van der Waals surface area contributed by atoms with Crippen molar-refractivity contribution in [2.75, 3.05) is 13.2 Å². The third-order valence-corrected chi connectivity index (χ3v) is 6.66. The summed E-state index contributed by atoms with van der Waals surface area (Å²) in [6, 6.07) is 0.355. The van der Waals surface area contributed by atoms with Crippen molar-refractivity contribution in [3.8, 4) is 0 Å². The van der Waals surface area contributed by atoms with E-state index in [-0.39, 0.29) is 28.3 Å². The lowest BCUT2D eigenvalue weighted by Crippen LogP contribution is -2.37. The summed E-state index contributed by atoms with van der Waals surface area (Å²) in [6.07, 6.45) is 10.7. The van der Waals surface area contributed by atoms with Crippen molar-refractivity contribution in [2.24, 2.45) is 33.3 Å². The van der Waals surface area contributed by atoms with Crippen LogP contribution < -0.4 is 4.57 Å². The zero-order valence-corrected chi connectivity index (χ0v) is 20.9. The van der Waals surface area contributed by atoms with Crippen LogP contribution in [-0.4, -0.2) is 41.7 Å². The summed E-state index contributed by atoms with van der Waals surface area (Å²) in [7, 11) is 2.06. The quantitative estimate of drug-likeness (QED) is 0.447. The van der Waals surface area contributed by atoms with Gasteiger partial charge in [-0.3, -0.25) is 0 Å². The summed E-state index contributed by atoms with van der Waals surface area (Å²) >= 11 is 0. The second-order valence-electron chi connectivity index (χ2n) is 11.7.